The molecule has 3 aromatic rings. The van der Waals surface area contributed by atoms with Crippen LogP contribution in [0.3, 0.4) is 0 Å². The van der Waals surface area contributed by atoms with Crippen molar-refractivity contribution in [1.29, 1.82) is 0 Å². The first-order chi connectivity index (χ1) is 15.5. The van der Waals surface area contributed by atoms with Crippen LogP contribution in [-0.2, 0) is 9.53 Å². The number of carboxylic acids is 1. The number of anilines is 1. The van der Waals surface area contributed by atoms with Crippen LogP contribution in [0.1, 0.15) is 38.5 Å². The van der Waals surface area contributed by atoms with Crippen LogP contribution >= 0.6 is 0 Å². The Morgan fingerprint density at radius 2 is 1.81 bits per heavy atom. The summed E-state index contributed by atoms with van der Waals surface area (Å²) in [7, 11) is 0. The average Bonchev–Trinajstić information content (AvgIpc) is 3.23. The van der Waals surface area contributed by atoms with Crippen molar-refractivity contribution in [2.75, 3.05) is 18.0 Å². The number of pyridine rings is 1. The van der Waals surface area contributed by atoms with E-state index in [1.807, 2.05) is 12.1 Å². The van der Waals surface area contributed by atoms with E-state index in [2.05, 4.69) is 19.9 Å². The van der Waals surface area contributed by atoms with Gasteiger partial charge in [-0.1, -0.05) is 0 Å². The molecule has 1 aliphatic carbocycles. The second kappa shape index (κ2) is 8.86. The third-order valence-corrected chi connectivity index (χ3v) is 6.64. The third kappa shape index (κ3) is 4.46. The predicted octanol–water partition coefficient (Wildman–Crippen LogP) is 4.39. The average molecular weight is 439 g/mol. The maximum absolute atomic E-state index is 13.4. The van der Waals surface area contributed by atoms with Crippen molar-refractivity contribution >= 4 is 22.8 Å². The summed E-state index contributed by atoms with van der Waals surface area (Å²) in [6, 6.07) is 8.49. The molecule has 2 fully saturated rings. The van der Waals surface area contributed by atoms with E-state index >= 15 is 0 Å². The summed E-state index contributed by atoms with van der Waals surface area (Å²) >= 11 is 0. The molecule has 2 N–H and O–H groups in total. The lowest BCUT2D eigenvalue weighted by molar-refractivity contribution is -0.144. The Bertz CT molecular complexity index is 1080. The number of carbonyl (C=O) groups is 1. The van der Waals surface area contributed by atoms with Gasteiger partial charge >= 0.3 is 5.97 Å². The summed E-state index contributed by atoms with van der Waals surface area (Å²) in [5.41, 5.74) is 2.26. The molecule has 0 amide bonds. The number of hydrogen-bond acceptors (Lipinski definition) is 5. The molecular formula is C24H27FN4O3. The van der Waals surface area contributed by atoms with Gasteiger partial charge in [0.05, 0.1) is 29.2 Å². The summed E-state index contributed by atoms with van der Waals surface area (Å²) in [5, 5.41) is 9.14. The smallest absolute Gasteiger partial charge is 0.306 e. The van der Waals surface area contributed by atoms with Crippen LogP contribution in [0.4, 0.5) is 10.2 Å². The highest BCUT2D eigenvalue weighted by Crippen LogP contribution is 2.30. The standard InChI is InChI=1S/C24H27FN4O3/c25-17-4-7-20-21(13-17)28-23(27-20)16-3-8-22(26-14-16)29-11-9-19(10-12-29)32-18-5-1-15(2-6-18)24(30)31/h3-4,7-8,13-15,18-19H,1-2,5-6,9-12H2,(H,27,28)(H,30,31). The molecule has 2 aromatic heterocycles. The maximum Gasteiger partial charge on any atom is 0.306 e. The number of H-pyrrole nitrogens is 1. The molecule has 2 aliphatic rings. The molecule has 0 spiro atoms. The third-order valence-electron chi connectivity index (χ3n) is 6.64. The van der Waals surface area contributed by atoms with Crippen LogP contribution in [0, 0.1) is 11.7 Å². The molecule has 0 radical (unpaired) electrons. The van der Waals surface area contributed by atoms with Gasteiger partial charge in [0, 0.05) is 24.8 Å². The molecule has 1 saturated heterocycles. The first kappa shape index (κ1) is 20.9. The van der Waals surface area contributed by atoms with Crippen molar-refractivity contribution in [3.05, 3.63) is 42.3 Å². The van der Waals surface area contributed by atoms with Crippen LogP contribution < -0.4 is 4.90 Å². The van der Waals surface area contributed by atoms with Gasteiger partial charge in [-0.3, -0.25) is 4.79 Å². The van der Waals surface area contributed by atoms with Gasteiger partial charge in [-0.15, -0.1) is 0 Å². The van der Waals surface area contributed by atoms with Gasteiger partial charge in [0.15, 0.2) is 0 Å². The Labute approximate surface area is 185 Å². The van der Waals surface area contributed by atoms with Crippen LogP contribution in [-0.4, -0.2) is 51.3 Å². The number of carboxylic acid groups (broad SMARTS) is 1. The molecule has 32 heavy (non-hydrogen) atoms. The number of halogens is 1. The van der Waals surface area contributed by atoms with E-state index in [-0.39, 0.29) is 23.9 Å². The van der Waals surface area contributed by atoms with Gasteiger partial charge in [-0.25, -0.2) is 14.4 Å². The maximum atomic E-state index is 13.4. The lowest BCUT2D eigenvalue weighted by atomic mass is 9.87. The highest BCUT2D eigenvalue weighted by molar-refractivity contribution is 5.79. The molecule has 7 nitrogen and oxygen atoms in total. The van der Waals surface area contributed by atoms with Gasteiger partial charge in [0.2, 0.25) is 0 Å². The van der Waals surface area contributed by atoms with E-state index in [1.54, 1.807) is 12.3 Å². The fraction of sp³-hybridized carbons (Fsp3) is 0.458. The van der Waals surface area contributed by atoms with Gasteiger partial charge in [-0.05, 0) is 68.9 Å². The summed E-state index contributed by atoms with van der Waals surface area (Å²) in [5.74, 6) is 0.433. The van der Waals surface area contributed by atoms with E-state index in [9.17, 15) is 9.18 Å². The summed E-state index contributed by atoms with van der Waals surface area (Å²) < 4.78 is 19.7. The number of imidazole rings is 1. The highest BCUT2D eigenvalue weighted by Gasteiger charge is 2.29. The number of aliphatic carboxylic acids is 1. The number of rotatable bonds is 5. The molecule has 168 valence electrons. The van der Waals surface area contributed by atoms with Crippen molar-refractivity contribution < 1.29 is 19.0 Å². The minimum absolute atomic E-state index is 0.192. The van der Waals surface area contributed by atoms with E-state index < -0.39 is 5.97 Å². The van der Waals surface area contributed by atoms with Crippen molar-refractivity contribution in [3.8, 4) is 11.4 Å². The van der Waals surface area contributed by atoms with Crippen LogP contribution in [0.15, 0.2) is 36.5 Å². The molecule has 1 aliphatic heterocycles. The lowest BCUT2D eigenvalue weighted by Crippen LogP contribution is -2.39. The van der Waals surface area contributed by atoms with Crippen molar-refractivity contribution in [2.45, 2.75) is 50.7 Å². The molecule has 0 unspecified atom stereocenters. The highest BCUT2D eigenvalue weighted by atomic mass is 19.1. The normalized spacial score (nSPS) is 22.3. The van der Waals surface area contributed by atoms with E-state index in [4.69, 9.17) is 9.84 Å². The number of nitrogens with one attached hydrogen (secondary N) is 1. The van der Waals surface area contributed by atoms with Crippen LogP contribution in [0.2, 0.25) is 0 Å². The SMILES string of the molecule is O=C(O)C1CCC(OC2CCN(c3ccc(-c4nc5ccc(F)cc5[nH]4)cn3)CC2)CC1. The van der Waals surface area contributed by atoms with Gasteiger partial charge in [-0.2, -0.15) is 0 Å². The zero-order valence-corrected chi connectivity index (χ0v) is 17.8. The lowest BCUT2D eigenvalue weighted by Gasteiger charge is -2.36. The van der Waals surface area contributed by atoms with Gasteiger partial charge in [0.1, 0.15) is 17.5 Å². The van der Waals surface area contributed by atoms with E-state index in [1.165, 1.54) is 12.1 Å². The van der Waals surface area contributed by atoms with Gasteiger partial charge < -0.3 is 19.7 Å². The number of aromatic amines is 1. The Balaban J connectivity index is 1.15. The number of fused-ring (bicyclic) bond motifs is 1. The second-order valence-corrected chi connectivity index (χ2v) is 8.79. The second-order valence-electron chi connectivity index (χ2n) is 8.79. The number of ether oxygens (including phenoxy) is 1. The largest absolute Gasteiger partial charge is 0.481 e. The van der Waals surface area contributed by atoms with Crippen molar-refractivity contribution in [1.82, 2.24) is 15.0 Å². The first-order valence-electron chi connectivity index (χ1n) is 11.3. The van der Waals surface area contributed by atoms with E-state index in [0.717, 1.165) is 68.5 Å². The van der Waals surface area contributed by atoms with Gasteiger partial charge in [0.25, 0.3) is 0 Å². The Morgan fingerprint density at radius 1 is 1.06 bits per heavy atom. The number of nitrogens with zero attached hydrogens (tertiary/aromatic N) is 3. The predicted molar refractivity (Wildman–Crippen MR) is 119 cm³/mol. The Kier molecular flexibility index (Phi) is 5.78. The fourth-order valence-electron chi connectivity index (χ4n) is 4.77. The number of aromatic nitrogens is 3. The first-order valence-corrected chi connectivity index (χ1v) is 11.3. The molecule has 1 aromatic carbocycles. The van der Waals surface area contributed by atoms with Crippen molar-refractivity contribution in [2.24, 2.45) is 5.92 Å². The molecule has 1 saturated carbocycles. The Morgan fingerprint density at radius 3 is 2.50 bits per heavy atom. The summed E-state index contributed by atoms with van der Waals surface area (Å²) in [6.07, 6.45) is 7.22. The minimum atomic E-state index is -0.676. The molecule has 0 bridgehead atoms. The Hall–Kier alpha value is -3.00. The zero-order valence-electron chi connectivity index (χ0n) is 17.8. The zero-order chi connectivity index (χ0) is 22.1. The molecule has 8 heteroatoms. The molecular weight excluding hydrogens is 411 g/mol. The monoisotopic (exact) mass is 438 g/mol. The van der Waals surface area contributed by atoms with Crippen LogP contribution in [0.5, 0.6) is 0 Å². The molecule has 5 rings (SSSR count). The number of hydrogen-bond donors (Lipinski definition) is 2. The summed E-state index contributed by atoms with van der Waals surface area (Å²) in [4.78, 5) is 25.7. The van der Waals surface area contributed by atoms with Crippen molar-refractivity contribution in [3.63, 3.8) is 0 Å². The molecule has 0 atom stereocenters. The topological polar surface area (TPSA) is 91.3 Å². The minimum Gasteiger partial charge on any atom is -0.481 e. The van der Waals surface area contributed by atoms with Crippen LogP contribution in [0.25, 0.3) is 22.4 Å². The van der Waals surface area contributed by atoms with E-state index in [0.29, 0.717) is 11.3 Å². The summed E-state index contributed by atoms with van der Waals surface area (Å²) in [6.45, 7) is 1.76. The molecule has 3 heterocycles. The number of piperidine rings is 1. The number of benzene rings is 1. The quantitative estimate of drug-likeness (QED) is 0.614. The fourth-order valence-corrected chi connectivity index (χ4v) is 4.77.